The number of hydrogen-bond acceptors (Lipinski definition) is 4. The summed E-state index contributed by atoms with van der Waals surface area (Å²) in [5.41, 5.74) is 4.91. The van der Waals surface area contributed by atoms with E-state index in [0.717, 1.165) is 55.1 Å². The van der Waals surface area contributed by atoms with E-state index in [4.69, 9.17) is 9.47 Å². The molecule has 33 heavy (non-hydrogen) atoms. The maximum atomic E-state index is 12.0. The van der Waals surface area contributed by atoms with Gasteiger partial charge in [-0.1, -0.05) is 18.1 Å². The van der Waals surface area contributed by atoms with Crippen LogP contribution in [0.4, 0.5) is 0 Å². The van der Waals surface area contributed by atoms with Crippen molar-refractivity contribution in [2.45, 2.75) is 45.1 Å². The summed E-state index contributed by atoms with van der Waals surface area (Å²) in [7, 11) is 1.70. The summed E-state index contributed by atoms with van der Waals surface area (Å²) in [4.78, 5) is 20.1. The minimum atomic E-state index is -0.0322. The van der Waals surface area contributed by atoms with Crippen LogP contribution in [0, 0.1) is 12.8 Å². The molecule has 6 nitrogen and oxygen atoms in total. The first-order chi connectivity index (χ1) is 16.2. The van der Waals surface area contributed by atoms with Gasteiger partial charge in [0.05, 0.1) is 13.2 Å². The van der Waals surface area contributed by atoms with E-state index < -0.39 is 0 Å². The number of H-pyrrole nitrogens is 1. The number of nitrogens with zero attached hydrogens (tertiary/aromatic N) is 2. The van der Waals surface area contributed by atoms with E-state index in [-0.39, 0.29) is 12.0 Å². The monoisotopic (exact) mass is 449 g/mol. The molecule has 1 fully saturated rings. The van der Waals surface area contributed by atoms with Crippen molar-refractivity contribution in [2.24, 2.45) is 5.92 Å². The van der Waals surface area contributed by atoms with E-state index in [1.165, 1.54) is 48.9 Å². The zero-order valence-corrected chi connectivity index (χ0v) is 19.8. The van der Waals surface area contributed by atoms with E-state index in [1.54, 1.807) is 7.11 Å². The van der Waals surface area contributed by atoms with Crippen molar-refractivity contribution in [3.8, 4) is 0 Å². The molecule has 1 saturated heterocycles. The minimum absolute atomic E-state index is 0.0322. The molecule has 0 spiro atoms. The van der Waals surface area contributed by atoms with Crippen LogP contribution in [-0.4, -0.2) is 61.1 Å². The fourth-order valence-corrected chi connectivity index (χ4v) is 5.70. The van der Waals surface area contributed by atoms with Crippen LogP contribution in [0.5, 0.6) is 0 Å². The Morgan fingerprint density at radius 3 is 2.79 bits per heavy atom. The van der Waals surface area contributed by atoms with Gasteiger partial charge in [-0.2, -0.15) is 0 Å². The Bertz CT molecular complexity index is 1060. The highest BCUT2D eigenvalue weighted by Crippen LogP contribution is 2.42. The Balaban J connectivity index is 1.35. The van der Waals surface area contributed by atoms with Crippen molar-refractivity contribution < 1.29 is 14.3 Å². The number of methoxy groups -OCH3 is 1. The summed E-state index contributed by atoms with van der Waals surface area (Å²) in [6, 6.07) is 6.51. The Labute approximate surface area is 196 Å². The third-order valence-corrected chi connectivity index (χ3v) is 7.43. The summed E-state index contributed by atoms with van der Waals surface area (Å²) in [5.74, 6) is 1.73. The van der Waals surface area contributed by atoms with Crippen molar-refractivity contribution >= 4 is 17.3 Å². The van der Waals surface area contributed by atoms with Gasteiger partial charge in [0.25, 0.3) is 0 Å². The summed E-state index contributed by atoms with van der Waals surface area (Å²) in [5, 5.41) is 1.28. The zero-order chi connectivity index (χ0) is 22.8. The number of aryl methyl sites for hydroxylation is 1. The lowest BCUT2D eigenvalue weighted by atomic mass is 9.84. The number of aromatic amines is 1. The SMILES string of the molecule is COC1=CC(C2c3[nH]c4ccc(C)cc4c3CCN2C=O)CC=C1OCCN1CCCCC1. The molecule has 1 aromatic heterocycles. The van der Waals surface area contributed by atoms with Crippen LogP contribution < -0.4 is 0 Å². The third kappa shape index (κ3) is 4.41. The number of amides is 1. The maximum Gasteiger partial charge on any atom is 0.210 e. The molecule has 1 aromatic carbocycles. The van der Waals surface area contributed by atoms with Crippen LogP contribution in [0.3, 0.4) is 0 Å². The number of carbonyl (C=O) groups excluding carboxylic acids is 1. The molecule has 2 aliphatic heterocycles. The number of piperidine rings is 1. The summed E-state index contributed by atoms with van der Waals surface area (Å²) in [6.07, 6.45) is 10.9. The van der Waals surface area contributed by atoms with Gasteiger partial charge >= 0.3 is 0 Å². The highest BCUT2D eigenvalue weighted by molar-refractivity contribution is 5.86. The fraction of sp³-hybridized carbons (Fsp3) is 0.519. The van der Waals surface area contributed by atoms with Crippen molar-refractivity contribution in [1.82, 2.24) is 14.8 Å². The molecule has 5 rings (SSSR count). The van der Waals surface area contributed by atoms with Crippen LogP contribution in [0.25, 0.3) is 10.9 Å². The lowest BCUT2D eigenvalue weighted by Gasteiger charge is -2.38. The van der Waals surface area contributed by atoms with Gasteiger partial charge in [-0.25, -0.2) is 0 Å². The smallest absolute Gasteiger partial charge is 0.210 e. The standard InChI is InChI=1S/C27H35N3O3/c1-19-6-8-23-22(16-19)21-10-13-30(18-31)27(26(21)28-23)20-7-9-24(25(17-20)32-2)33-15-14-29-11-4-3-5-12-29/h6,8-9,16-18,20,27-28H,3-5,7,10-15H2,1-2H3. The third-order valence-electron chi connectivity index (χ3n) is 7.43. The molecule has 1 N–H and O–H groups in total. The molecule has 0 radical (unpaired) electrons. The van der Waals surface area contributed by atoms with Gasteiger partial charge in [0.15, 0.2) is 11.5 Å². The number of aromatic nitrogens is 1. The van der Waals surface area contributed by atoms with Gasteiger partial charge < -0.3 is 19.4 Å². The van der Waals surface area contributed by atoms with E-state index in [1.807, 2.05) is 4.90 Å². The lowest BCUT2D eigenvalue weighted by Crippen LogP contribution is -2.38. The number of benzene rings is 1. The van der Waals surface area contributed by atoms with Gasteiger partial charge in [-0.15, -0.1) is 0 Å². The molecular formula is C27H35N3O3. The summed E-state index contributed by atoms with van der Waals surface area (Å²) < 4.78 is 11.9. The van der Waals surface area contributed by atoms with Crippen LogP contribution in [0.15, 0.2) is 41.9 Å². The largest absolute Gasteiger partial charge is 0.493 e. The number of rotatable bonds is 7. The highest BCUT2D eigenvalue weighted by atomic mass is 16.5. The molecule has 0 bridgehead atoms. The molecule has 1 aliphatic carbocycles. The number of fused-ring (bicyclic) bond motifs is 3. The second-order valence-electron chi connectivity index (χ2n) is 9.56. The van der Waals surface area contributed by atoms with Crippen LogP contribution in [-0.2, 0) is 20.7 Å². The molecule has 6 heteroatoms. The topological polar surface area (TPSA) is 57.8 Å². The average molecular weight is 450 g/mol. The Hall–Kier alpha value is -2.73. The van der Waals surface area contributed by atoms with Crippen LogP contribution in [0.2, 0.25) is 0 Å². The molecule has 2 aromatic rings. The fourth-order valence-electron chi connectivity index (χ4n) is 5.70. The number of likely N-dealkylation sites (tertiary alicyclic amines) is 1. The van der Waals surface area contributed by atoms with E-state index >= 15 is 0 Å². The second kappa shape index (κ2) is 9.64. The lowest BCUT2D eigenvalue weighted by molar-refractivity contribution is -0.121. The molecule has 3 aliphatic rings. The Morgan fingerprint density at radius 1 is 1.15 bits per heavy atom. The van der Waals surface area contributed by atoms with Crippen LogP contribution >= 0.6 is 0 Å². The number of allylic oxidation sites excluding steroid dienone is 1. The molecule has 3 heterocycles. The first kappa shape index (κ1) is 22.1. The number of hydrogen-bond donors (Lipinski definition) is 1. The molecule has 0 saturated carbocycles. The minimum Gasteiger partial charge on any atom is -0.493 e. The van der Waals surface area contributed by atoms with Crippen molar-refractivity contribution in [2.75, 3.05) is 39.9 Å². The number of ether oxygens (including phenoxy) is 2. The first-order valence-electron chi connectivity index (χ1n) is 12.3. The number of carbonyl (C=O) groups is 1. The highest BCUT2D eigenvalue weighted by Gasteiger charge is 2.36. The van der Waals surface area contributed by atoms with Gasteiger partial charge in [0.2, 0.25) is 6.41 Å². The maximum absolute atomic E-state index is 12.0. The number of nitrogens with one attached hydrogen (secondary N) is 1. The molecule has 2 unspecified atom stereocenters. The molecular weight excluding hydrogens is 414 g/mol. The molecule has 2 atom stereocenters. The predicted molar refractivity (Wildman–Crippen MR) is 130 cm³/mol. The summed E-state index contributed by atoms with van der Waals surface area (Å²) in [6.45, 7) is 6.84. The Morgan fingerprint density at radius 2 is 2.00 bits per heavy atom. The van der Waals surface area contributed by atoms with Gasteiger partial charge in [0.1, 0.15) is 6.61 Å². The normalized spacial score (nSPS) is 23.6. The van der Waals surface area contributed by atoms with Crippen molar-refractivity contribution in [3.63, 3.8) is 0 Å². The first-order valence-corrected chi connectivity index (χ1v) is 12.3. The quantitative estimate of drug-likeness (QED) is 0.634. The van der Waals surface area contributed by atoms with Crippen molar-refractivity contribution in [3.05, 3.63) is 58.7 Å². The van der Waals surface area contributed by atoms with Gasteiger partial charge in [-0.3, -0.25) is 9.69 Å². The van der Waals surface area contributed by atoms with Crippen LogP contribution in [0.1, 0.15) is 48.5 Å². The molecule has 176 valence electrons. The molecule has 1 amide bonds. The average Bonchev–Trinajstić information content (AvgIpc) is 3.22. The Kier molecular flexibility index (Phi) is 6.45. The van der Waals surface area contributed by atoms with Gasteiger partial charge in [-0.05, 0) is 75.5 Å². The van der Waals surface area contributed by atoms with E-state index in [9.17, 15) is 4.79 Å². The van der Waals surface area contributed by atoms with Crippen molar-refractivity contribution in [1.29, 1.82) is 0 Å². The van der Waals surface area contributed by atoms with E-state index in [0.29, 0.717) is 6.61 Å². The summed E-state index contributed by atoms with van der Waals surface area (Å²) >= 11 is 0. The second-order valence-corrected chi connectivity index (χ2v) is 9.56. The zero-order valence-electron chi connectivity index (χ0n) is 19.8. The van der Waals surface area contributed by atoms with Gasteiger partial charge in [0, 0.05) is 35.6 Å². The van der Waals surface area contributed by atoms with E-state index in [2.05, 4.69) is 47.2 Å². The predicted octanol–water partition coefficient (Wildman–Crippen LogP) is 4.47.